The number of hydrogen-bond donors (Lipinski definition) is 1. The zero-order valence-corrected chi connectivity index (χ0v) is 7.54. The molecule has 1 atom stereocenters. The lowest BCUT2D eigenvalue weighted by atomic mass is 10.6. The minimum Gasteiger partial charge on any atom is -0.329 e. The van der Waals surface area contributed by atoms with E-state index in [1.54, 1.807) is 0 Å². The van der Waals surface area contributed by atoms with E-state index in [1.807, 2.05) is 0 Å². The van der Waals surface area contributed by atoms with E-state index in [4.69, 9.17) is 4.89 Å². The minimum atomic E-state index is -3.44. The normalized spacial score (nSPS) is 15.2. The number of hydrogen-bond acceptors (Lipinski definition) is 2. The first-order valence-corrected chi connectivity index (χ1v) is 5.15. The van der Waals surface area contributed by atoms with Crippen LogP contribution in [0.4, 0.5) is 0 Å². The van der Waals surface area contributed by atoms with E-state index in [-0.39, 0.29) is 6.54 Å². The number of carbonyl (C=O) groups excluding carboxylic acids is 1. The predicted molar refractivity (Wildman–Crippen MR) is 43.3 cm³/mol. The van der Waals surface area contributed by atoms with Gasteiger partial charge in [0, 0.05) is 20.1 Å². The van der Waals surface area contributed by atoms with Crippen molar-refractivity contribution >= 4 is 13.4 Å². The molecule has 5 heteroatoms. The number of nitrogens with zero attached hydrogens (tertiary/aromatic N) is 1. The third-order valence-electron chi connectivity index (χ3n) is 1.11. The standard InChI is InChI=1S/C6H12NO3P/c1-4-5-7(6(2)8)11(3,9)10/h4H,1,5H2,2-3H3,(H,9,10). The average Bonchev–Trinajstić information content (AvgIpc) is 1.79. The SMILES string of the molecule is C=CCN(C(C)=O)P(C)(=O)O. The second kappa shape index (κ2) is 3.69. The van der Waals surface area contributed by atoms with Crippen molar-refractivity contribution in [1.82, 2.24) is 4.67 Å². The molecule has 1 amide bonds. The number of amides is 1. The van der Waals surface area contributed by atoms with Crippen molar-refractivity contribution in [3.63, 3.8) is 0 Å². The van der Waals surface area contributed by atoms with Crippen LogP contribution in [-0.2, 0) is 9.36 Å². The fourth-order valence-corrected chi connectivity index (χ4v) is 1.60. The highest BCUT2D eigenvalue weighted by Gasteiger charge is 2.22. The van der Waals surface area contributed by atoms with Gasteiger partial charge in [-0.3, -0.25) is 14.0 Å². The van der Waals surface area contributed by atoms with E-state index < -0.39 is 13.4 Å². The summed E-state index contributed by atoms with van der Waals surface area (Å²) in [6, 6.07) is 0. The Bertz CT molecular complexity index is 208. The molecule has 0 radical (unpaired) electrons. The first kappa shape index (κ1) is 10.4. The third kappa shape index (κ3) is 3.35. The molecule has 0 aromatic carbocycles. The van der Waals surface area contributed by atoms with Crippen molar-refractivity contribution in [2.24, 2.45) is 0 Å². The first-order chi connectivity index (χ1) is 4.89. The summed E-state index contributed by atoms with van der Waals surface area (Å²) in [4.78, 5) is 19.7. The summed E-state index contributed by atoms with van der Waals surface area (Å²) in [5.74, 6) is -0.418. The summed E-state index contributed by atoms with van der Waals surface area (Å²) in [6.07, 6.45) is 1.41. The second-order valence-electron chi connectivity index (χ2n) is 2.23. The van der Waals surface area contributed by atoms with Gasteiger partial charge in [0.05, 0.1) is 0 Å². The monoisotopic (exact) mass is 177 g/mol. The lowest BCUT2D eigenvalue weighted by molar-refractivity contribution is -0.124. The van der Waals surface area contributed by atoms with Crippen LogP contribution < -0.4 is 0 Å². The van der Waals surface area contributed by atoms with Gasteiger partial charge in [-0.05, 0) is 0 Å². The minimum absolute atomic E-state index is 0.111. The molecule has 64 valence electrons. The molecular formula is C6H12NO3P. The Balaban J connectivity index is 4.47. The van der Waals surface area contributed by atoms with Crippen LogP contribution in [-0.4, -0.2) is 28.7 Å². The van der Waals surface area contributed by atoms with Gasteiger partial charge in [-0.15, -0.1) is 6.58 Å². The van der Waals surface area contributed by atoms with Crippen molar-refractivity contribution in [2.75, 3.05) is 13.2 Å². The maximum atomic E-state index is 11.0. The van der Waals surface area contributed by atoms with Crippen molar-refractivity contribution < 1.29 is 14.3 Å². The summed E-state index contributed by atoms with van der Waals surface area (Å²) in [5, 5.41) is 0. The fraction of sp³-hybridized carbons (Fsp3) is 0.500. The Morgan fingerprint density at radius 2 is 2.27 bits per heavy atom. The Morgan fingerprint density at radius 1 is 1.82 bits per heavy atom. The van der Waals surface area contributed by atoms with Crippen LogP contribution in [0.5, 0.6) is 0 Å². The van der Waals surface area contributed by atoms with Crippen LogP contribution >= 0.6 is 7.52 Å². The summed E-state index contributed by atoms with van der Waals surface area (Å²) in [7, 11) is -3.44. The van der Waals surface area contributed by atoms with Crippen LogP contribution in [0.2, 0.25) is 0 Å². The topological polar surface area (TPSA) is 57.6 Å². The molecule has 0 bridgehead atoms. The molecule has 0 aromatic heterocycles. The number of rotatable bonds is 3. The fourth-order valence-electron chi connectivity index (χ4n) is 0.664. The first-order valence-electron chi connectivity index (χ1n) is 3.09. The highest BCUT2D eigenvalue weighted by atomic mass is 31.2. The third-order valence-corrected chi connectivity index (χ3v) is 2.45. The molecule has 1 N–H and O–H groups in total. The molecule has 11 heavy (non-hydrogen) atoms. The molecular weight excluding hydrogens is 165 g/mol. The van der Waals surface area contributed by atoms with Gasteiger partial charge in [0.2, 0.25) is 5.91 Å². The molecule has 0 rings (SSSR count). The molecule has 0 spiro atoms. The van der Waals surface area contributed by atoms with Gasteiger partial charge in [-0.2, -0.15) is 0 Å². The van der Waals surface area contributed by atoms with E-state index in [1.165, 1.54) is 13.0 Å². The van der Waals surface area contributed by atoms with Gasteiger partial charge in [0.15, 0.2) is 0 Å². The van der Waals surface area contributed by atoms with Gasteiger partial charge in [0.1, 0.15) is 0 Å². The summed E-state index contributed by atoms with van der Waals surface area (Å²) in [6.45, 7) is 5.85. The van der Waals surface area contributed by atoms with Gasteiger partial charge in [-0.25, -0.2) is 0 Å². The second-order valence-corrected chi connectivity index (χ2v) is 4.38. The Morgan fingerprint density at radius 3 is 2.36 bits per heavy atom. The molecule has 0 saturated carbocycles. The van der Waals surface area contributed by atoms with Crippen molar-refractivity contribution in [3.05, 3.63) is 12.7 Å². The van der Waals surface area contributed by atoms with Gasteiger partial charge in [0.25, 0.3) is 7.52 Å². The van der Waals surface area contributed by atoms with E-state index in [0.29, 0.717) is 0 Å². The molecule has 0 aliphatic rings. The van der Waals surface area contributed by atoms with Crippen molar-refractivity contribution in [1.29, 1.82) is 0 Å². The van der Waals surface area contributed by atoms with E-state index in [2.05, 4.69) is 6.58 Å². The molecule has 0 aliphatic heterocycles. The lowest BCUT2D eigenvalue weighted by Crippen LogP contribution is -2.24. The molecule has 4 nitrogen and oxygen atoms in total. The van der Waals surface area contributed by atoms with E-state index in [9.17, 15) is 9.36 Å². The molecule has 0 heterocycles. The Kier molecular flexibility index (Phi) is 3.49. The highest BCUT2D eigenvalue weighted by molar-refractivity contribution is 7.55. The molecule has 0 aliphatic carbocycles. The summed E-state index contributed by atoms with van der Waals surface area (Å²) >= 11 is 0. The zero-order valence-electron chi connectivity index (χ0n) is 6.65. The van der Waals surface area contributed by atoms with Crippen molar-refractivity contribution in [2.45, 2.75) is 6.92 Å². The van der Waals surface area contributed by atoms with Crippen LogP contribution in [0, 0.1) is 0 Å². The lowest BCUT2D eigenvalue weighted by Gasteiger charge is -2.21. The molecule has 0 saturated heterocycles. The highest BCUT2D eigenvalue weighted by Crippen LogP contribution is 2.40. The van der Waals surface area contributed by atoms with Gasteiger partial charge in [-0.1, -0.05) is 6.08 Å². The van der Waals surface area contributed by atoms with E-state index in [0.717, 1.165) is 11.3 Å². The largest absolute Gasteiger partial charge is 0.329 e. The van der Waals surface area contributed by atoms with Crippen molar-refractivity contribution in [3.8, 4) is 0 Å². The van der Waals surface area contributed by atoms with Crippen LogP contribution in [0.25, 0.3) is 0 Å². The van der Waals surface area contributed by atoms with Crippen LogP contribution in [0.3, 0.4) is 0 Å². The maximum Gasteiger partial charge on any atom is 0.293 e. The van der Waals surface area contributed by atoms with Gasteiger partial charge >= 0.3 is 0 Å². The zero-order chi connectivity index (χ0) is 9.07. The van der Waals surface area contributed by atoms with Gasteiger partial charge < -0.3 is 4.89 Å². The predicted octanol–water partition coefficient (Wildman–Crippen LogP) is 0.836. The Hall–Kier alpha value is -0.600. The summed E-state index contributed by atoms with van der Waals surface area (Å²) < 4.78 is 11.8. The smallest absolute Gasteiger partial charge is 0.293 e. The number of carbonyl (C=O) groups is 1. The molecule has 0 fully saturated rings. The molecule has 1 unspecified atom stereocenters. The average molecular weight is 177 g/mol. The Labute approximate surface area is 66.0 Å². The van der Waals surface area contributed by atoms with Crippen LogP contribution in [0.15, 0.2) is 12.7 Å². The molecule has 0 aromatic rings. The summed E-state index contributed by atoms with van der Waals surface area (Å²) in [5.41, 5.74) is 0. The quantitative estimate of drug-likeness (QED) is 0.513. The maximum absolute atomic E-state index is 11.0. The van der Waals surface area contributed by atoms with E-state index >= 15 is 0 Å². The van der Waals surface area contributed by atoms with Crippen LogP contribution in [0.1, 0.15) is 6.92 Å².